The van der Waals surface area contributed by atoms with Crippen LogP contribution in [0, 0.1) is 12.7 Å². The molecule has 0 atom stereocenters. The summed E-state index contributed by atoms with van der Waals surface area (Å²) in [4.78, 5) is 1.94. The van der Waals surface area contributed by atoms with E-state index in [0.29, 0.717) is 18.8 Å². The van der Waals surface area contributed by atoms with Crippen LogP contribution in [-0.4, -0.2) is 13.6 Å². The summed E-state index contributed by atoms with van der Waals surface area (Å²) in [6, 6.07) is 13.8. The standard InChI is InChI=1S/C18H23FN2/c1-4-20-12-16-9-10-18(17(19)11-16)21(3)13-15-7-5-14(2)6-8-15/h5-11,20H,4,12-13H2,1-3H3. The molecule has 1 N–H and O–H groups in total. The molecule has 2 rings (SSSR count). The van der Waals surface area contributed by atoms with Gasteiger partial charge in [-0.1, -0.05) is 42.8 Å². The lowest BCUT2D eigenvalue weighted by molar-refractivity contribution is 0.616. The number of nitrogens with one attached hydrogen (secondary N) is 1. The third-order valence-electron chi connectivity index (χ3n) is 3.54. The van der Waals surface area contributed by atoms with E-state index in [1.54, 1.807) is 6.07 Å². The second kappa shape index (κ2) is 7.23. The number of hydrogen-bond acceptors (Lipinski definition) is 2. The van der Waals surface area contributed by atoms with Gasteiger partial charge in [-0.25, -0.2) is 4.39 Å². The molecule has 0 saturated heterocycles. The molecule has 2 aromatic rings. The van der Waals surface area contributed by atoms with Crippen molar-refractivity contribution >= 4 is 5.69 Å². The van der Waals surface area contributed by atoms with Crippen molar-refractivity contribution in [3.8, 4) is 0 Å². The zero-order chi connectivity index (χ0) is 15.2. The van der Waals surface area contributed by atoms with Gasteiger partial charge in [0.2, 0.25) is 0 Å². The Bertz CT molecular complexity index is 578. The summed E-state index contributed by atoms with van der Waals surface area (Å²) >= 11 is 0. The van der Waals surface area contributed by atoms with Crippen molar-refractivity contribution in [2.24, 2.45) is 0 Å². The third kappa shape index (κ3) is 4.30. The van der Waals surface area contributed by atoms with E-state index in [4.69, 9.17) is 0 Å². The minimum absolute atomic E-state index is 0.167. The average Bonchev–Trinajstić information content (AvgIpc) is 2.47. The van der Waals surface area contributed by atoms with Gasteiger partial charge in [0.25, 0.3) is 0 Å². The fraction of sp³-hybridized carbons (Fsp3) is 0.333. The van der Waals surface area contributed by atoms with Crippen LogP contribution in [0.3, 0.4) is 0 Å². The minimum Gasteiger partial charge on any atom is -0.368 e. The van der Waals surface area contributed by atoms with E-state index in [1.807, 2.05) is 31.0 Å². The van der Waals surface area contributed by atoms with Crippen LogP contribution in [0.25, 0.3) is 0 Å². The molecule has 2 nitrogen and oxygen atoms in total. The zero-order valence-electron chi connectivity index (χ0n) is 13.0. The monoisotopic (exact) mass is 286 g/mol. The Balaban J connectivity index is 2.08. The van der Waals surface area contributed by atoms with Crippen molar-refractivity contribution in [2.45, 2.75) is 26.9 Å². The molecule has 2 aromatic carbocycles. The highest BCUT2D eigenvalue weighted by atomic mass is 19.1. The molecule has 0 aromatic heterocycles. The maximum atomic E-state index is 14.2. The lowest BCUT2D eigenvalue weighted by Gasteiger charge is -2.20. The summed E-state index contributed by atoms with van der Waals surface area (Å²) in [5.74, 6) is -0.167. The predicted molar refractivity (Wildman–Crippen MR) is 87.1 cm³/mol. The minimum atomic E-state index is -0.167. The number of hydrogen-bond donors (Lipinski definition) is 1. The Hall–Kier alpha value is -1.87. The number of benzene rings is 2. The predicted octanol–water partition coefficient (Wildman–Crippen LogP) is 3.88. The van der Waals surface area contributed by atoms with Gasteiger partial charge in [-0.2, -0.15) is 0 Å². The molecule has 0 spiro atoms. The first-order chi connectivity index (χ1) is 10.1. The van der Waals surface area contributed by atoms with Gasteiger partial charge in [0.1, 0.15) is 5.82 Å². The second-order valence-corrected chi connectivity index (χ2v) is 5.41. The number of nitrogens with zero attached hydrogens (tertiary/aromatic N) is 1. The van der Waals surface area contributed by atoms with Gasteiger partial charge in [0, 0.05) is 20.1 Å². The molecule has 112 valence electrons. The summed E-state index contributed by atoms with van der Waals surface area (Å²) in [7, 11) is 1.92. The maximum absolute atomic E-state index is 14.2. The summed E-state index contributed by atoms with van der Waals surface area (Å²) < 4.78 is 14.2. The smallest absolute Gasteiger partial charge is 0.146 e. The molecule has 0 bridgehead atoms. The molecule has 0 aliphatic rings. The highest BCUT2D eigenvalue weighted by molar-refractivity contribution is 5.49. The number of anilines is 1. The van der Waals surface area contributed by atoms with Crippen LogP contribution in [0.4, 0.5) is 10.1 Å². The van der Waals surface area contributed by atoms with Gasteiger partial charge in [-0.05, 0) is 36.7 Å². The summed E-state index contributed by atoms with van der Waals surface area (Å²) in [5, 5.41) is 3.21. The topological polar surface area (TPSA) is 15.3 Å². The molecule has 0 heterocycles. The van der Waals surface area contributed by atoms with E-state index in [0.717, 1.165) is 12.1 Å². The van der Waals surface area contributed by atoms with E-state index in [1.165, 1.54) is 11.1 Å². The Morgan fingerprint density at radius 1 is 1.05 bits per heavy atom. The number of rotatable bonds is 6. The highest BCUT2D eigenvalue weighted by Gasteiger charge is 2.09. The summed E-state index contributed by atoms with van der Waals surface area (Å²) in [6.45, 7) is 6.39. The molecule has 0 aliphatic heterocycles. The molecule has 0 saturated carbocycles. The van der Waals surface area contributed by atoms with Crippen molar-refractivity contribution in [1.29, 1.82) is 0 Å². The molecular weight excluding hydrogens is 263 g/mol. The van der Waals surface area contributed by atoms with Crippen LogP contribution < -0.4 is 10.2 Å². The van der Waals surface area contributed by atoms with Gasteiger partial charge in [0.05, 0.1) is 5.69 Å². The fourth-order valence-corrected chi connectivity index (χ4v) is 2.29. The lowest BCUT2D eigenvalue weighted by atomic mass is 10.1. The average molecular weight is 286 g/mol. The van der Waals surface area contributed by atoms with Crippen molar-refractivity contribution in [3.63, 3.8) is 0 Å². The van der Waals surface area contributed by atoms with E-state index in [9.17, 15) is 4.39 Å². The Morgan fingerprint density at radius 2 is 1.71 bits per heavy atom. The van der Waals surface area contributed by atoms with Gasteiger partial charge < -0.3 is 10.2 Å². The number of aryl methyl sites for hydroxylation is 1. The molecule has 0 aliphatic carbocycles. The van der Waals surface area contributed by atoms with Crippen LogP contribution in [0.2, 0.25) is 0 Å². The van der Waals surface area contributed by atoms with Crippen LogP contribution in [0.5, 0.6) is 0 Å². The summed E-state index contributed by atoms with van der Waals surface area (Å²) in [6.07, 6.45) is 0. The molecule has 21 heavy (non-hydrogen) atoms. The first-order valence-corrected chi connectivity index (χ1v) is 7.36. The van der Waals surface area contributed by atoms with Crippen molar-refractivity contribution < 1.29 is 4.39 Å². The van der Waals surface area contributed by atoms with E-state index >= 15 is 0 Å². The molecular formula is C18H23FN2. The first kappa shape index (κ1) is 15.5. The van der Waals surface area contributed by atoms with Crippen molar-refractivity contribution in [1.82, 2.24) is 5.32 Å². The normalized spacial score (nSPS) is 10.7. The van der Waals surface area contributed by atoms with E-state index in [2.05, 4.69) is 36.5 Å². The fourth-order valence-electron chi connectivity index (χ4n) is 2.29. The van der Waals surface area contributed by atoms with Crippen LogP contribution in [0.15, 0.2) is 42.5 Å². The largest absolute Gasteiger partial charge is 0.368 e. The Kier molecular flexibility index (Phi) is 5.34. The Morgan fingerprint density at radius 3 is 2.33 bits per heavy atom. The van der Waals surface area contributed by atoms with Crippen LogP contribution in [-0.2, 0) is 13.1 Å². The lowest BCUT2D eigenvalue weighted by Crippen LogP contribution is -2.18. The van der Waals surface area contributed by atoms with E-state index < -0.39 is 0 Å². The molecule has 0 radical (unpaired) electrons. The molecule has 0 fully saturated rings. The highest BCUT2D eigenvalue weighted by Crippen LogP contribution is 2.21. The second-order valence-electron chi connectivity index (χ2n) is 5.41. The van der Waals surface area contributed by atoms with Crippen molar-refractivity contribution in [3.05, 3.63) is 65.0 Å². The molecule has 3 heteroatoms. The van der Waals surface area contributed by atoms with Crippen molar-refractivity contribution in [2.75, 3.05) is 18.5 Å². The summed E-state index contributed by atoms with van der Waals surface area (Å²) in [5.41, 5.74) is 4.03. The van der Waals surface area contributed by atoms with Gasteiger partial charge in [-0.3, -0.25) is 0 Å². The number of halogens is 1. The zero-order valence-corrected chi connectivity index (χ0v) is 13.0. The SMILES string of the molecule is CCNCc1ccc(N(C)Cc2ccc(C)cc2)c(F)c1. The third-order valence-corrected chi connectivity index (χ3v) is 3.54. The quantitative estimate of drug-likeness (QED) is 0.867. The Labute approximate surface area is 126 Å². The van der Waals surface area contributed by atoms with Crippen LogP contribution in [0.1, 0.15) is 23.6 Å². The van der Waals surface area contributed by atoms with Crippen LogP contribution >= 0.6 is 0 Å². The van der Waals surface area contributed by atoms with Gasteiger partial charge >= 0.3 is 0 Å². The van der Waals surface area contributed by atoms with E-state index in [-0.39, 0.29) is 5.82 Å². The molecule has 0 unspecified atom stereocenters. The first-order valence-electron chi connectivity index (χ1n) is 7.36. The molecule has 0 amide bonds. The maximum Gasteiger partial charge on any atom is 0.146 e. The van der Waals surface area contributed by atoms with Gasteiger partial charge in [-0.15, -0.1) is 0 Å². The van der Waals surface area contributed by atoms with Gasteiger partial charge in [0.15, 0.2) is 0 Å².